The number of amides is 1. The largest absolute Gasteiger partial charge is 0.305 e. The molecule has 1 N–H and O–H groups in total. The monoisotopic (exact) mass is 401 g/mol. The Labute approximate surface area is 163 Å². The molecule has 4 nitrogen and oxygen atoms in total. The summed E-state index contributed by atoms with van der Waals surface area (Å²) in [5.41, 5.74) is 2.36. The highest BCUT2D eigenvalue weighted by atomic mass is 19.3. The van der Waals surface area contributed by atoms with Crippen LogP contribution in [0.4, 0.5) is 23.4 Å². The zero-order chi connectivity index (χ0) is 20.8. The van der Waals surface area contributed by atoms with Gasteiger partial charge in [-0.3, -0.25) is 9.78 Å². The van der Waals surface area contributed by atoms with Gasteiger partial charge >= 0.3 is 0 Å². The van der Waals surface area contributed by atoms with E-state index < -0.39 is 29.0 Å². The number of anilines is 1. The summed E-state index contributed by atoms with van der Waals surface area (Å²) in [5, 5.41) is 2.29. The van der Waals surface area contributed by atoms with Gasteiger partial charge < -0.3 is 5.32 Å². The molecule has 1 amide bonds. The summed E-state index contributed by atoms with van der Waals surface area (Å²) in [6, 6.07) is 6.52. The van der Waals surface area contributed by atoms with Gasteiger partial charge in [-0.2, -0.15) is 0 Å². The second-order valence-electron chi connectivity index (χ2n) is 6.98. The van der Waals surface area contributed by atoms with Gasteiger partial charge in [-0.25, -0.2) is 22.5 Å². The number of hydrogen-bond donors (Lipinski definition) is 1. The minimum atomic E-state index is -2.74. The molecular weight excluding hydrogens is 386 g/mol. The number of nitrogens with one attached hydrogen (secondary N) is 1. The maximum atomic E-state index is 13.7. The van der Waals surface area contributed by atoms with Gasteiger partial charge in [0.25, 0.3) is 11.8 Å². The van der Waals surface area contributed by atoms with Crippen LogP contribution in [0.1, 0.15) is 27.0 Å². The summed E-state index contributed by atoms with van der Waals surface area (Å²) in [4.78, 5) is 20.4. The molecule has 1 aromatic heterocycles. The van der Waals surface area contributed by atoms with Crippen LogP contribution in [0, 0.1) is 18.6 Å². The molecule has 148 valence electrons. The second-order valence-corrected chi connectivity index (χ2v) is 6.98. The van der Waals surface area contributed by atoms with E-state index in [0.29, 0.717) is 22.4 Å². The molecular formula is C21H15F4N3O. The van der Waals surface area contributed by atoms with Gasteiger partial charge in [-0.1, -0.05) is 12.1 Å². The maximum absolute atomic E-state index is 13.7. The Kier molecular flexibility index (Phi) is 4.56. The smallest absolute Gasteiger partial charge is 0.262 e. The molecule has 3 aromatic rings. The number of aromatic nitrogens is 2. The molecule has 0 unspecified atom stereocenters. The summed E-state index contributed by atoms with van der Waals surface area (Å²) in [6.45, 7) is 1.80. The molecule has 0 spiro atoms. The van der Waals surface area contributed by atoms with E-state index in [2.05, 4.69) is 15.3 Å². The second kappa shape index (κ2) is 6.95. The third kappa shape index (κ3) is 3.70. The highest BCUT2D eigenvalue weighted by Crippen LogP contribution is 2.37. The number of halogens is 4. The van der Waals surface area contributed by atoms with Crippen molar-refractivity contribution in [3.05, 3.63) is 76.6 Å². The summed E-state index contributed by atoms with van der Waals surface area (Å²) < 4.78 is 54.7. The third-order valence-corrected chi connectivity index (χ3v) is 4.80. The molecule has 4 rings (SSSR count). The number of nitrogens with zero attached hydrogens (tertiary/aromatic N) is 2. The number of aryl methyl sites for hydroxylation is 1. The van der Waals surface area contributed by atoms with Gasteiger partial charge in [0.15, 0.2) is 5.82 Å². The van der Waals surface area contributed by atoms with E-state index in [1.54, 1.807) is 19.1 Å². The Morgan fingerprint density at radius 3 is 2.31 bits per heavy atom. The predicted molar refractivity (Wildman–Crippen MR) is 98.9 cm³/mol. The first kappa shape index (κ1) is 19.0. The van der Waals surface area contributed by atoms with E-state index in [0.717, 1.165) is 23.8 Å². The highest BCUT2D eigenvalue weighted by Gasteiger charge is 2.37. The summed E-state index contributed by atoms with van der Waals surface area (Å²) >= 11 is 0. The van der Waals surface area contributed by atoms with Crippen molar-refractivity contribution in [3.8, 4) is 11.3 Å². The molecule has 1 aliphatic rings. The number of fused-ring (bicyclic) bond motifs is 1. The molecule has 0 aliphatic heterocycles. The Hall–Kier alpha value is -3.29. The van der Waals surface area contributed by atoms with Crippen LogP contribution in [0.3, 0.4) is 0 Å². The van der Waals surface area contributed by atoms with E-state index in [-0.39, 0.29) is 18.7 Å². The predicted octanol–water partition coefficient (Wildman–Crippen LogP) is 4.72. The minimum Gasteiger partial charge on any atom is -0.305 e. The van der Waals surface area contributed by atoms with Crippen LogP contribution in [0.25, 0.3) is 11.3 Å². The van der Waals surface area contributed by atoms with Crippen molar-refractivity contribution < 1.29 is 22.4 Å². The molecule has 0 bridgehead atoms. The number of benzene rings is 2. The quantitative estimate of drug-likeness (QED) is 0.647. The molecule has 29 heavy (non-hydrogen) atoms. The molecule has 1 aliphatic carbocycles. The Balaban J connectivity index is 1.57. The van der Waals surface area contributed by atoms with Crippen LogP contribution in [-0.2, 0) is 12.8 Å². The van der Waals surface area contributed by atoms with Crippen molar-refractivity contribution >= 4 is 11.7 Å². The lowest BCUT2D eigenvalue weighted by Gasteiger charge is -2.10. The van der Waals surface area contributed by atoms with Crippen LogP contribution in [-0.4, -0.2) is 21.8 Å². The molecule has 0 saturated carbocycles. The minimum absolute atomic E-state index is 0.00625. The molecule has 0 atom stereocenters. The Bertz CT molecular complexity index is 1090. The van der Waals surface area contributed by atoms with Crippen LogP contribution < -0.4 is 5.32 Å². The summed E-state index contributed by atoms with van der Waals surface area (Å²) in [6.07, 6.45) is 2.03. The van der Waals surface area contributed by atoms with Gasteiger partial charge in [0.05, 0.1) is 18.1 Å². The first-order valence-electron chi connectivity index (χ1n) is 8.81. The number of hydrogen-bond acceptors (Lipinski definition) is 3. The Morgan fingerprint density at radius 2 is 1.69 bits per heavy atom. The fraction of sp³-hybridized carbons (Fsp3) is 0.190. The normalized spacial score (nSPS) is 14.5. The molecule has 1 heterocycles. The average Bonchev–Trinajstić information content (AvgIpc) is 2.94. The van der Waals surface area contributed by atoms with Crippen molar-refractivity contribution in [1.82, 2.24) is 9.97 Å². The average molecular weight is 401 g/mol. The number of carbonyl (C=O) groups excluding carboxylic acids is 1. The topological polar surface area (TPSA) is 54.9 Å². The molecule has 8 heteroatoms. The molecule has 0 saturated heterocycles. The lowest BCUT2D eigenvalue weighted by Crippen LogP contribution is -2.16. The zero-order valence-corrected chi connectivity index (χ0v) is 15.3. The summed E-state index contributed by atoms with van der Waals surface area (Å²) in [5.74, 6) is -5.70. The lowest BCUT2D eigenvalue weighted by atomic mass is 9.99. The first-order valence-corrected chi connectivity index (χ1v) is 8.81. The van der Waals surface area contributed by atoms with Crippen molar-refractivity contribution in [1.29, 1.82) is 0 Å². The van der Waals surface area contributed by atoms with E-state index in [1.807, 2.05) is 0 Å². The van der Waals surface area contributed by atoms with Gasteiger partial charge in [0.1, 0.15) is 17.2 Å². The van der Waals surface area contributed by atoms with Gasteiger partial charge in [-0.15, -0.1) is 0 Å². The molecule has 0 fully saturated rings. The SMILES string of the molecule is Cc1cc2c(cc1-c1cnc(NC(=O)c3c(F)cccc3F)cn1)CC(F)(F)C2. The van der Waals surface area contributed by atoms with Gasteiger partial charge in [0, 0.05) is 18.4 Å². The summed E-state index contributed by atoms with van der Waals surface area (Å²) in [7, 11) is 0. The standard InChI is InChI=1S/C21H15F4N3O/c1-11-5-12-7-21(24,25)8-13(12)6-14(11)17-9-27-18(10-26-17)28-20(29)19-15(22)3-2-4-16(19)23/h2-6,9-10H,7-8H2,1H3,(H,27,28,29). The van der Waals surface area contributed by atoms with Gasteiger partial charge in [0.2, 0.25) is 0 Å². The van der Waals surface area contributed by atoms with E-state index >= 15 is 0 Å². The first-order chi connectivity index (χ1) is 13.7. The lowest BCUT2D eigenvalue weighted by molar-refractivity contribution is 0.0130. The maximum Gasteiger partial charge on any atom is 0.262 e. The number of alkyl halides is 2. The molecule has 0 radical (unpaired) electrons. The fourth-order valence-corrected chi connectivity index (χ4v) is 3.46. The highest BCUT2D eigenvalue weighted by molar-refractivity contribution is 6.04. The van der Waals surface area contributed by atoms with Crippen molar-refractivity contribution in [2.45, 2.75) is 25.7 Å². The van der Waals surface area contributed by atoms with Crippen LogP contribution in [0.2, 0.25) is 0 Å². The number of carbonyl (C=O) groups is 1. The van der Waals surface area contributed by atoms with Gasteiger partial charge in [-0.05, 0) is 41.8 Å². The van der Waals surface area contributed by atoms with E-state index in [9.17, 15) is 22.4 Å². The van der Waals surface area contributed by atoms with Crippen molar-refractivity contribution in [2.75, 3.05) is 5.32 Å². The number of rotatable bonds is 3. The van der Waals surface area contributed by atoms with Crippen LogP contribution in [0.5, 0.6) is 0 Å². The van der Waals surface area contributed by atoms with E-state index in [1.165, 1.54) is 12.4 Å². The third-order valence-electron chi connectivity index (χ3n) is 4.80. The van der Waals surface area contributed by atoms with Crippen molar-refractivity contribution in [3.63, 3.8) is 0 Å². The zero-order valence-electron chi connectivity index (χ0n) is 15.3. The van der Waals surface area contributed by atoms with Crippen LogP contribution in [0.15, 0.2) is 42.7 Å². The van der Waals surface area contributed by atoms with Crippen LogP contribution >= 0.6 is 0 Å². The van der Waals surface area contributed by atoms with E-state index in [4.69, 9.17) is 0 Å². The fourth-order valence-electron chi connectivity index (χ4n) is 3.46. The Morgan fingerprint density at radius 1 is 1.03 bits per heavy atom. The van der Waals surface area contributed by atoms with Crippen molar-refractivity contribution in [2.24, 2.45) is 0 Å². The molecule has 2 aromatic carbocycles.